The highest BCUT2D eigenvalue weighted by Gasteiger charge is 2.24. The molecule has 5 heteroatoms. The summed E-state index contributed by atoms with van der Waals surface area (Å²) in [6.45, 7) is 1.52. The molecule has 2 heterocycles. The minimum atomic E-state index is -0.0842. The van der Waals surface area contributed by atoms with E-state index in [-0.39, 0.29) is 12.5 Å². The van der Waals surface area contributed by atoms with Gasteiger partial charge in [-0.2, -0.15) is 0 Å². The molecule has 1 aromatic carbocycles. The summed E-state index contributed by atoms with van der Waals surface area (Å²) in [5.41, 5.74) is 0.390. The van der Waals surface area contributed by atoms with E-state index < -0.39 is 0 Å². The minimum Gasteiger partial charge on any atom is -0.396 e. The van der Waals surface area contributed by atoms with Gasteiger partial charge in [0.2, 0.25) is 0 Å². The number of aliphatic hydroxyl groups excluding tert-OH is 1. The predicted molar refractivity (Wildman–Crippen MR) is 82.5 cm³/mol. The number of hydrogen-bond donors (Lipinski definition) is 1. The van der Waals surface area contributed by atoms with E-state index in [0.29, 0.717) is 29.9 Å². The second-order valence-corrected chi connectivity index (χ2v) is 5.80. The lowest BCUT2D eigenvalue weighted by Gasteiger charge is -2.30. The highest BCUT2D eigenvalue weighted by Crippen LogP contribution is 2.24. The van der Waals surface area contributed by atoms with Crippen LogP contribution < -0.4 is 0 Å². The summed E-state index contributed by atoms with van der Waals surface area (Å²) in [5, 5.41) is 11.3. The molecule has 0 atom stereocenters. The van der Waals surface area contributed by atoms with E-state index in [4.69, 9.17) is 16.7 Å². The molecule has 1 aliphatic rings. The smallest absolute Gasteiger partial charge is 0.272 e. The number of aromatic nitrogens is 1. The number of likely N-dealkylation sites (tertiary alicyclic amines) is 1. The van der Waals surface area contributed by atoms with Crippen LogP contribution in [0.5, 0.6) is 0 Å². The van der Waals surface area contributed by atoms with Gasteiger partial charge in [-0.3, -0.25) is 4.79 Å². The quantitative estimate of drug-likeness (QED) is 0.868. The second-order valence-electron chi connectivity index (χ2n) is 5.44. The molecule has 0 spiro atoms. The number of rotatable bonds is 2. The van der Waals surface area contributed by atoms with Crippen molar-refractivity contribution in [3.05, 3.63) is 41.2 Å². The normalized spacial score (nSPS) is 16.4. The molecule has 0 unspecified atom stereocenters. The average Bonchev–Trinajstić information content (AvgIpc) is 2.54. The van der Waals surface area contributed by atoms with Gasteiger partial charge < -0.3 is 10.0 Å². The summed E-state index contributed by atoms with van der Waals surface area (Å²) in [6, 6.07) is 9.43. The number of nitrogens with zero attached hydrogens (tertiary/aromatic N) is 2. The van der Waals surface area contributed by atoms with Crippen LogP contribution in [0.25, 0.3) is 10.8 Å². The topological polar surface area (TPSA) is 53.4 Å². The summed E-state index contributed by atoms with van der Waals surface area (Å²) in [7, 11) is 0. The molecule has 4 nitrogen and oxygen atoms in total. The Kier molecular flexibility index (Phi) is 4.08. The van der Waals surface area contributed by atoms with Crippen LogP contribution in [0, 0.1) is 5.92 Å². The molecule has 0 radical (unpaired) electrons. The number of benzene rings is 1. The molecular formula is C16H17ClN2O2. The largest absolute Gasteiger partial charge is 0.396 e. The van der Waals surface area contributed by atoms with Crippen molar-refractivity contribution in [3.63, 3.8) is 0 Å². The van der Waals surface area contributed by atoms with Gasteiger partial charge in [0.15, 0.2) is 0 Å². The fourth-order valence-corrected chi connectivity index (χ4v) is 3.01. The van der Waals surface area contributed by atoms with E-state index in [1.807, 2.05) is 24.3 Å². The number of carbonyl (C=O) groups excluding carboxylic acids is 1. The molecule has 1 fully saturated rings. The van der Waals surface area contributed by atoms with Crippen LogP contribution in [0.4, 0.5) is 0 Å². The van der Waals surface area contributed by atoms with E-state index in [1.165, 1.54) is 0 Å². The summed E-state index contributed by atoms with van der Waals surface area (Å²) >= 11 is 6.18. The van der Waals surface area contributed by atoms with Crippen molar-refractivity contribution < 1.29 is 9.90 Å². The Morgan fingerprint density at radius 2 is 2.05 bits per heavy atom. The second kappa shape index (κ2) is 6.00. The number of halogens is 1. The molecule has 1 N–H and O–H groups in total. The van der Waals surface area contributed by atoms with Crippen molar-refractivity contribution >= 4 is 28.3 Å². The fraction of sp³-hybridized carbons (Fsp3) is 0.375. The van der Waals surface area contributed by atoms with Crippen molar-refractivity contribution in [2.75, 3.05) is 19.7 Å². The zero-order valence-electron chi connectivity index (χ0n) is 11.6. The SMILES string of the molecule is O=C(c1cc2ccccc2c(Cl)n1)N1CCC(CO)CC1. The molecule has 1 saturated heterocycles. The zero-order chi connectivity index (χ0) is 14.8. The molecule has 1 amide bonds. The van der Waals surface area contributed by atoms with Gasteiger partial charge in [-0.15, -0.1) is 0 Å². The predicted octanol–water partition coefficient (Wildman–Crippen LogP) is 2.73. The molecule has 3 rings (SSSR count). The van der Waals surface area contributed by atoms with Crippen LogP contribution in [-0.4, -0.2) is 40.6 Å². The van der Waals surface area contributed by atoms with E-state index >= 15 is 0 Å². The van der Waals surface area contributed by atoms with Crippen LogP contribution in [0.15, 0.2) is 30.3 Å². The summed E-state index contributed by atoms with van der Waals surface area (Å²) in [4.78, 5) is 18.6. The van der Waals surface area contributed by atoms with Crippen LogP contribution in [0.2, 0.25) is 5.15 Å². The standard InChI is InChI=1S/C16H17ClN2O2/c17-15-13-4-2-1-3-12(13)9-14(18-15)16(21)19-7-5-11(10-20)6-8-19/h1-4,9,11,20H,5-8,10H2. The molecule has 0 bridgehead atoms. The summed E-state index contributed by atoms with van der Waals surface area (Å²) in [6.07, 6.45) is 1.67. The number of carbonyl (C=O) groups is 1. The highest BCUT2D eigenvalue weighted by molar-refractivity contribution is 6.34. The maximum absolute atomic E-state index is 12.5. The third-order valence-corrected chi connectivity index (χ3v) is 4.36. The molecule has 0 aliphatic carbocycles. The lowest BCUT2D eigenvalue weighted by Crippen LogP contribution is -2.39. The first-order valence-electron chi connectivity index (χ1n) is 7.14. The van der Waals surface area contributed by atoms with Crippen molar-refractivity contribution in [3.8, 4) is 0 Å². The Labute approximate surface area is 128 Å². The van der Waals surface area contributed by atoms with E-state index in [1.54, 1.807) is 11.0 Å². The number of aliphatic hydroxyl groups is 1. The van der Waals surface area contributed by atoms with Crippen molar-refractivity contribution in [2.24, 2.45) is 5.92 Å². The Morgan fingerprint density at radius 1 is 1.33 bits per heavy atom. The van der Waals surface area contributed by atoms with Crippen molar-refractivity contribution in [1.29, 1.82) is 0 Å². The number of piperidine rings is 1. The van der Waals surface area contributed by atoms with Gasteiger partial charge >= 0.3 is 0 Å². The van der Waals surface area contributed by atoms with Gasteiger partial charge in [-0.1, -0.05) is 35.9 Å². The van der Waals surface area contributed by atoms with Gasteiger partial charge in [0.1, 0.15) is 10.8 Å². The van der Waals surface area contributed by atoms with Gasteiger partial charge in [0.25, 0.3) is 5.91 Å². The third-order valence-electron chi connectivity index (χ3n) is 4.07. The molecule has 0 saturated carbocycles. The summed E-state index contributed by atoms with van der Waals surface area (Å²) in [5.74, 6) is 0.223. The van der Waals surface area contributed by atoms with Crippen molar-refractivity contribution in [1.82, 2.24) is 9.88 Å². The Morgan fingerprint density at radius 3 is 2.76 bits per heavy atom. The van der Waals surface area contributed by atoms with E-state index in [2.05, 4.69) is 4.98 Å². The first-order valence-corrected chi connectivity index (χ1v) is 7.52. The monoisotopic (exact) mass is 304 g/mol. The fourth-order valence-electron chi connectivity index (χ4n) is 2.75. The van der Waals surface area contributed by atoms with Gasteiger partial charge in [-0.25, -0.2) is 4.98 Å². The Hall–Kier alpha value is -1.65. The van der Waals surface area contributed by atoms with Crippen LogP contribution >= 0.6 is 11.6 Å². The third kappa shape index (κ3) is 2.87. The van der Waals surface area contributed by atoms with Crippen LogP contribution in [0.3, 0.4) is 0 Å². The van der Waals surface area contributed by atoms with E-state index in [0.717, 1.165) is 23.6 Å². The molecule has 2 aromatic rings. The number of amides is 1. The number of pyridine rings is 1. The number of fused-ring (bicyclic) bond motifs is 1. The molecular weight excluding hydrogens is 288 g/mol. The Balaban J connectivity index is 1.85. The van der Waals surface area contributed by atoms with Crippen LogP contribution in [-0.2, 0) is 0 Å². The van der Waals surface area contributed by atoms with Crippen molar-refractivity contribution in [2.45, 2.75) is 12.8 Å². The van der Waals surface area contributed by atoms with Gasteiger partial charge in [-0.05, 0) is 30.2 Å². The summed E-state index contributed by atoms with van der Waals surface area (Å²) < 4.78 is 0. The molecule has 21 heavy (non-hydrogen) atoms. The lowest BCUT2D eigenvalue weighted by atomic mass is 9.97. The van der Waals surface area contributed by atoms with Gasteiger partial charge in [0, 0.05) is 25.1 Å². The van der Waals surface area contributed by atoms with E-state index in [9.17, 15) is 4.79 Å². The zero-order valence-corrected chi connectivity index (χ0v) is 12.4. The maximum atomic E-state index is 12.5. The minimum absolute atomic E-state index is 0.0842. The number of hydrogen-bond acceptors (Lipinski definition) is 3. The maximum Gasteiger partial charge on any atom is 0.272 e. The lowest BCUT2D eigenvalue weighted by molar-refractivity contribution is 0.0645. The molecule has 1 aromatic heterocycles. The molecule has 1 aliphatic heterocycles. The molecule has 110 valence electrons. The average molecular weight is 305 g/mol. The highest BCUT2D eigenvalue weighted by atomic mass is 35.5. The first-order chi connectivity index (χ1) is 10.2. The van der Waals surface area contributed by atoms with Gasteiger partial charge in [0.05, 0.1) is 0 Å². The first kappa shape index (κ1) is 14.3. The Bertz CT molecular complexity index is 666. The van der Waals surface area contributed by atoms with Crippen LogP contribution in [0.1, 0.15) is 23.3 Å².